The van der Waals surface area contributed by atoms with E-state index in [0.717, 1.165) is 23.0 Å². The summed E-state index contributed by atoms with van der Waals surface area (Å²) in [6.07, 6.45) is 5.92. The van der Waals surface area contributed by atoms with Crippen molar-refractivity contribution in [3.05, 3.63) is 28.5 Å². The van der Waals surface area contributed by atoms with Crippen LogP contribution in [0.15, 0.2) is 22.8 Å². The Morgan fingerprint density at radius 3 is 3.17 bits per heavy atom. The topological polar surface area (TPSA) is 28.2 Å². The molecule has 0 amide bonds. The van der Waals surface area contributed by atoms with E-state index in [1.807, 2.05) is 6.20 Å². The highest BCUT2D eigenvalue weighted by Crippen LogP contribution is 2.25. The van der Waals surface area contributed by atoms with Gasteiger partial charge in [0.1, 0.15) is 0 Å². The minimum Gasteiger partial charge on any atom is -0.314 e. The molecule has 2 atom stereocenters. The van der Waals surface area contributed by atoms with Crippen molar-refractivity contribution in [2.45, 2.75) is 31.8 Å². The fourth-order valence-electron chi connectivity index (χ4n) is 3.19. The third kappa shape index (κ3) is 2.92. The SMILES string of the molecule is Brc1ccc(CN2CCC3NCCCC3C2)nc1. The molecule has 2 fully saturated rings. The van der Waals surface area contributed by atoms with E-state index in [0.29, 0.717) is 0 Å². The number of nitrogens with one attached hydrogen (secondary N) is 1. The molecule has 1 aromatic heterocycles. The van der Waals surface area contributed by atoms with Crippen LogP contribution in [0.5, 0.6) is 0 Å². The Kier molecular flexibility index (Phi) is 3.97. The third-order valence-electron chi connectivity index (χ3n) is 4.15. The van der Waals surface area contributed by atoms with Gasteiger partial charge in [0.05, 0.1) is 5.69 Å². The van der Waals surface area contributed by atoms with E-state index in [1.165, 1.54) is 44.6 Å². The van der Waals surface area contributed by atoms with Gasteiger partial charge in [0.25, 0.3) is 0 Å². The number of piperidine rings is 2. The maximum Gasteiger partial charge on any atom is 0.0544 e. The lowest BCUT2D eigenvalue weighted by atomic mass is 9.85. The van der Waals surface area contributed by atoms with Gasteiger partial charge < -0.3 is 5.32 Å². The Bertz CT molecular complexity index is 393. The number of aromatic nitrogens is 1. The lowest BCUT2D eigenvalue weighted by Crippen LogP contribution is -2.51. The summed E-state index contributed by atoms with van der Waals surface area (Å²) >= 11 is 3.43. The molecule has 2 aliphatic rings. The van der Waals surface area contributed by atoms with Crippen molar-refractivity contribution in [2.24, 2.45) is 5.92 Å². The van der Waals surface area contributed by atoms with E-state index < -0.39 is 0 Å². The first-order chi connectivity index (χ1) is 8.81. The second-order valence-electron chi connectivity index (χ2n) is 5.45. The molecule has 2 saturated heterocycles. The maximum atomic E-state index is 4.47. The monoisotopic (exact) mass is 309 g/mol. The van der Waals surface area contributed by atoms with Crippen LogP contribution in [-0.4, -0.2) is 35.6 Å². The molecule has 0 bridgehead atoms. The minimum absolute atomic E-state index is 0.771. The molecule has 0 aliphatic carbocycles. The summed E-state index contributed by atoms with van der Waals surface area (Å²) in [5.41, 5.74) is 1.18. The van der Waals surface area contributed by atoms with Crippen molar-refractivity contribution in [1.29, 1.82) is 0 Å². The standard InChI is InChI=1S/C14H20BrN3/c15-12-3-4-13(17-8-12)10-18-7-5-14-11(9-18)2-1-6-16-14/h3-4,8,11,14,16H,1-2,5-7,9-10H2. The molecule has 1 N–H and O–H groups in total. The van der Waals surface area contributed by atoms with Gasteiger partial charge in [-0.05, 0) is 59.8 Å². The van der Waals surface area contributed by atoms with Gasteiger partial charge in [0, 0.05) is 36.3 Å². The molecule has 4 heteroatoms. The molecule has 3 nitrogen and oxygen atoms in total. The Balaban J connectivity index is 1.59. The van der Waals surface area contributed by atoms with E-state index in [9.17, 15) is 0 Å². The second kappa shape index (κ2) is 5.68. The van der Waals surface area contributed by atoms with E-state index >= 15 is 0 Å². The Morgan fingerprint density at radius 2 is 2.33 bits per heavy atom. The number of rotatable bonds is 2. The molecule has 18 heavy (non-hydrogen) atoms. The lowest BCUT2D eigenvalue weighted by Gasteiger charge is -2.41. The highest BCUT2D eigenvalue weighted by molar-refractivity contribution is 9.10. The molecule has 0 radical (unpaired) electrons. The maximum absolute atomic E-state index is 4.47. The highest BCUT2D eigenvalue weighted by Gasteiger charge is 2.30. The van der Waals surface area contributed by atoms with Crippen molar-refractivity contribution in [1.82, 2.24) is 15.2 Å². The summed E-state index contributed by atoms with van der Waals surface area (Å²) in [5.74, 6) is 0.850. The van der Waals surface area contributed by atoms with Crippen LogP contribution in [0.25, 0.3) is 0 Å². The van der Waals surface area contributed by atoms with E-state index in [2.05, 4.69) is 43.3 Å². The van der Waals surface area contributed by atoms with Gasteiger partial charge >= 0.3 is 0 Å². The molecule has 3 heterocycles. The van der Waals surface area contributed by atoms with E-state index in [1.54, 1.807) is 0 Å². The Labute approximate surface area is 117 Å². The summed E-state index contributed by atoms with van der Waals surface area (Å²) in [6, 6.07) is 4.97. The quantitative estimate of drug-likeness (QED) is 0.909. The van der Waals surface area contributed by atoms with Gasteiger partial charge in [-0.15, -0.1) is 0 Å². The summed E-state index contributed by atoms with van der Waals surface area (Å²) in [6.45, 7) is 4.65. The molecule has 1 aromatic rings. The zero-order chi connectivity index (χ0) is 12.4. The molecular formula is C14H20BrN3. The normalized spacial score (nSPS) is 28.9. The lowest BCUT2D eigenvalue weighted by molar-refractivity contribution is 0.108. The number of fused-ring (bicyclic) bond motifs is 1. The van der Waals surface area contributed by atoms with Crippen LogP contribution in [-0.2, 0) is 6.54 Å². The van der Waals surface area contributed by atoms with Crippen molar-refractivity contribution in [2.75, 3.05) is 19.6 Å². The van der Waals surface area contributed by atoms with Gasteiger partial charge in [0.2, 0.25) is 0 Å². The van der Waals surface area contributed by atoms with Crippen LogP contribution in [0, 0.1) is 5.92 Å². The van der Waals surface area contributed by atoms with E-state index in [4.69, 9.17) is 0 Å². The Hall–Kier alpha value is -0.450. The molecular weight excluding hydrogens is 290 g/mol. The smallest absolute Gasteiger partial charge is 0.0544 e. The van der Waals surface area contributed by atoms with Crippen molar-refractivity contribution in [3.8, 4) is 0 Å². The van der Waals surface area contributed by atoms with E-state index in [-0.39, 0.29) is 0 Å². The first-order valence-electron chi connectivity index (χ1n) is 6.87. The summed E-state index contributed by atoms with van der Waals surface area (Å²) < 4.78 is 1.06. The second-order valence-corrected chi connectivity index (χ2v) is 6.37. The average Bonchev–Trinajstić information content (AvgIpc) is 2.41. The van der Waals surface area contributed by atoms with Gasteiger partial charge in [-0.2, -0.15) is 0 Å². The summed E-state index contributed by atoms with van der Waals surface area (Å²) in [7, 11) is 0. The number of pyridine rings is 1. The molecule has 0 saturated carbocycles. The number of hydrogen-bond donors (Lipinski definition) is 1. The predicted molar refractivity (Wildman–Crippen MR) is 76.3 cm³/mol. The van der Waals surface area contributed by atoms with Crippen LogP contribution in [0.4, 0.5) is 0 Å². The predicted octanol–water partition coefficient (Wildman–Crippen LogP) is 2.42. The fraction of sp³-hybridized carbons (Fsp3) is 0.643. The number of halogens is 1. The van der Waals surface area contributed by atoms with Gasteiger partial charge in [-0.3, -0.25) is 9.88 Å². The van der Waals surface area contributed by atoms with Crippen molar-refractivity contribution >= 4 is 15.9 Å². The van der Waals surface area contributed by atoms with Gasteiger partial charge in [-0.25, -0.2) is 0 Å². The summed E-state index contributed by atoms with van der Waals surface area (Å²) in [4.78, 5) is 7.03. The zero-order valence-corrected chi connectivity index (χ0v) is 12.2. The molecule has 0 aromatic carbocycles. The third-order valence-corrected chi connectivity index (χ3v) is 4.62. The molecule has 2 aliphatic heterocycles. The minimum atomic E-state index is 0.771. The van der Waals surface area contributed by atoms with Crippen LogP contribution >= 0.6 is 15.9 Å². The Morgan fingerprint density at radius 1 is 1.39 bits per heavy atom. The number of likely N-dealkylation sites (tertiary alicyclic amines) is 1. The molecule has 2 unspecified atom stereocenters. The zero-order valence-electron chi connectivity index (χ0n) is 10.6. The number of hydrogen-bond acceptors (Lipinski definition) is 3. The van der Waals surface area contributed by atoms with Crippen LogP contribution < -0.4 is 5.32 Å². The average molecular weight is 310 g/mol. The van der Waals surface area contributed by atoms with Gasteiger partial charge in [-0.1, -0.05) is 0 Å². The van der Waals surface area contributed by atoms with Crippen molar-refractivity contribution in [3.63, 3.8) is 0 Å². The van der Waals surface area contributed by atoms with Crippen LogP contribution in [0.1, 0.15) is 25.0 Å². The first kappa shape index (κ1) is 12.6. The summed E-state index contributed by atoms with van der Waals surface area (Å²) in [5, 5.41) is 3.66. The van der Waals surface area contributed by atoms with Crippen LogP contribution in [0.2, 0.25) is 0 Å². The first-order valence-corrected chi connectivity index (χ1v) is 7.67. The fourth-order valence-corrected chi connectivity index (χ4v) is 3.43. The van der Waals surface area contributed by atoms with Crippen LogP contribution in [0.3, 0.4) is 0 Å². The molecule has 0 spiro atoms. The largest absolute Gasteiger partial charge is 0.314 e. The van der Waals surface area contributed by atoms with Crippen molar-refractivity contribution < 1.29 is 0 Å². The highest BCUT2D eigenvalue weighted by atomic mass is 79.9. The molecule has 98 valence electrons. The molecule has 3 rings (SSSR count). The van der Waals surface area contributed by atoms with Gasteiger partial charge in [0.15, 0.2) is 0 Å². The number of nitrogens with zero attached hydrogens (tertiary/aromatic N) is 2.